The van der Waals surface area contributed by atoms with Crippen LogP contribution in [-0.4, -0.2) is 54.7 Å². The van der Waals surface area contributed by atoms with Gasteiger partial charge in [0.1, 0.15) is 0 Å². The molecule has 1 rings (SSSR count). The summed E-state index contributed by atoms with van der Waals surface area (Å²) in [6.45, 7) is 5.54. The zero-order chi connectivity index (χ0) is 15.3. The Hall–Kier alpha value is -0.820. The molecule has 0 aromatic carbocycles. The van der Waals surface area contributed by atoms with Crippen LogP contribution < -0.4 is 10.6 Å². The second-order valence-corrected chi connectivity index (χ2v) is 5.72. The Kier molecular flexibility index (Phi) is 6.26. The highest BCUT2D eigenvalue weighted by atomic mass is 19.4. The molecule has 20 heavy (non-hydrogen) atoms. The van der Waals surface area contributed by atoms with Crippen LogP contribution in [0.25, 0.3) is 0 Å². The van der Waals surface area contributed by atoms with E-state index >= 15 is 0 Å². The average Bonchev–Trinajstić information content (AvgIpc) is 2.28. The molecule has 1 aliphatic rings. The number of piperidine rings is 1. The molecule has 0 aliphatic carbocycles. The van der Waals surface area contributed by atoms with Crippen LogP contribution >= 0.6 is 0 Å². The quantitative estimate of drug-likeness (QED) is 0.808. The number of nitrogens with zero attached hydrogens (tertiary/aromatic N) is 1. The van der Waals surface area contributed by atoms with Crippen molar-refractivity contribution >= 4 is 5.91 Å². The van der Waals surface area contributed by atoms with Gasteiger partial charge in [0.25, 0.3) is 0 Å². The summed E-state index contributed by atoms with van der Waals surface area (Å²) >= 11 is 0. The molecule has 1 amide bonds. The highest BCUT2D eigenvalue weighted by molar-refractivity contribution is 5.81. The Morgan fingerprint density at radius 1 is 1.25 bits per heavy atom. The average molecular weight is 295 g/mol. The van der Waals surface area contributed by atoms with Crippen LogP contribution in [0, 0.1) is 0 Å². The number of amides is 1. The highest BCUT2D eigenvalue weighted by Crippen LogP contribution is 2.19. The fraction of sp³-hybridized carbons (Fsp3) is 0.923. The van der Waals surface area contributed by atoms with Crippen molar-refractivity contribution < 1.29 is 18.0 Å². The molecule has 1 aliphatic heterocycles. The van der Waals surface area contributed by atoms with Crippen molar-refractivity contribution in [1.29, 1.82) is 0 Å². The van der Waals surface area contributed by atoms with Crippen LogP contribution in [-0.2, 0) is 4.79 Å². The number of carbonyl (C=O) groups excluding carboxylic acids is 1. The van der Waals surface area contributed by atoms with Gasteiger partial charge < -0.3 is 10.6 Å². The highest BCUT2D eigenvalue weighted by Gasteiger charge is 2.32. The zero-order valence-corrected chi connectivity index (χ0v) is 12.3. The number of alkyl halides is 3. The topological polar surface area (TPSA) is 44.4 Å². The molecule has 0 bridgehead atoms. The Bertz CT molecular complexity index is 312. The normalized spacial score (nSPS) is 20.1. The number of rotatable bonds is 5. The third-order valence-corrected chi connectivity index (χ3v) is 3.30. The van der Waals surface area contributed by atoms with Gasteiger partial charge in [-0.3, -0.25) is 9.69 Å². The fourth-order valence-corrected chi connectivity index (χ4v) is 2.35. The van der Waals surface area contributed by atoms with Gasteiger partial charge in [-0.05, 0) is 46.7 Å². The summed E-state index contributed by atoms with van der Waals surface area (Å²) in [4.78, 5) is 13.2. The molecule has 7 heteroatoms. The van der Waals surface area contributed by atoms with Crippen LogP contribution in [0.1, 0.15) is 33.6 Å². The van der Waals surface area contributed by atoms with Crippen LogP contribution in [0.4, 0.5) is 13.2 Å². The number of halogens is 3. The van der Waals surface area contributed by atoms with Gasteiger partial charge in [-0.25, -0.2) is 0 Å². The van der Waals surface area contributed by atoms with Gasteiger partial charge in [-0.15, -0.1) is 0 Å². The lowest BCUT2D eigenvalue weighted by Gasteiger charge is -2.34. The van der Waals surface area contributed by atoms with Crippen LogP contribution in [0.3, 0.4) is 0 Å². The summed E-state index contributed by atoms with van der Waals surface area (Å²) in [6, 6.07) is -0.135. The van der Waals surface area contributed by atoms with E-state index in [9.17, 15) is 18.0 Å². The van der Waals surface area contributed by atoms with Crippen LogP contribution in [0.5, 0.6) is 0 Å². The zero-order valence-electron chi connectivity index (χ0n) is 12.3. The summed E-state index contributed by atoms with van der Waals surface area (Å²) in [5.74, 6) is -0.0716. The fourth-order valence-electron chi connectivity index (χ4n) is 2.35. The number of hydrogen-bond acceptors (Lipinski definition) is 3. The van der Waals surface area contributed by atoms with Crippen molar-refractivity contribution in [2.75, 3.05) is 19.6 Å². The summed E-state index contributed by atoms with van der Waals surface area (Å²) in [5.41, 5.74) is 0. The first kappa shape index (κ1) is 17.2. The Balaban J connectivity index is 2.30. The molecule has 118 valence electrons. The van der Waals surface area contributed by atoms with E-state index in [0.717, 1.165) is 0 Å². The Morgan fingerprint density at radius 3 is 2.25 bits per heavy atom. The van der Waals surface area contributed by atoms with E-state index in [-0.39, 0.29) is 24.0 Å². The minimum Gasteiger partial charge on any atom is -0.353 e. The minimum absolute atomic E-state index is 0.0716. The minimum atomic E-state index is -4.13. The second-order valence-electron chi connectivity index (χ2n) is 5.72. The molecule has 0 radical (unpaired) electrons. The maximum absolute atomic E-state index is 12.3. The van der Waals surface area contributed by atoms with Gasteiger partial charge in [0.2, 0.25) is 5.91 Å². The van der Waals surface area contributed by atoms with Gasteiger partial charge in [-0.1, -0.05) is 0 Å². The third-order valence-electron chi connectivity index (χ3n) is 3.30. The molecule has 1 heterocycles. The van der Waals surface area contributed by atoms with Crippen LogP contribution in [0.15, 0.2) is 0 Å². The van der Waals surface area contributed by atoms with E-state index in [0.29, 0.717) is 25.9 Å². The summed E-state index contributed by atoms with van der Waals surface area (Å²) in [7, 11) is 0. The van der Waals surface area contributed by atoms with E-state index in [2.05, 4.69) is 10.6 Å². The van der Waals surface area contributed by atoms with Crippen molar-refractivity contribution in [2.45, 2.75) is 57.9 Å². The van der Waals surface area contributed by atoms with Crippen molar-refractivity contribution in [2.24, 2.45) is 0 Å². The van der Waals surface area contributed by atoms with Crippen molar-refractivity contribution in [1.82, 2.24) is 15.5 Å². The molecule has 1 unspecified atom stereocenters. The second kappa shape index (κ2) is 7.26. The number of nitrogens with one attached hydrogen (secondary N) is 2. The smallest absolute Gasteiger partial charge is 0.353 e. The number of likely N-dealkylation sites (tertiary alicyclic amines) is 1. The first-order chi connectivity index (χ1) is 9.17. The first-order valence-corrected chi connectivity index (χ1v) is 7.03. The number of carbonyl (C=O) groups is 1. The molecule has 0 saturated carbocycles. The third kappa shape index (κ3) is 6.56. The maximum atomic E-state index is 12.3. The van der Waals surface area contributed by atoms with Crippen LogP contribution in [0.2, 0.25) is 0 Å². The first-order valence-electron chi connectivity index (χ1n) is 7.03. The molecule has 0 aromatic rings. The van der Waals surface area contributed by atoms with E-state index in [1.54, 1.807) is 6.92 Å². The molecular formula is C13H24F3N3O. The summed E-state index contributed by atoms with van der Waals surface area (Å²) in [5, 5.41) is 6.00. The molecule has 0 spiro atoms. The predicted molar refractivity (Wildman–Crippen MR) is 71.4 cm³/mol. The van der Waals surface area contributed by atoms with E-state index in [1.807, 2.05) is 13.8 Å². The predicted octanol–water partition coefficient (Wildman–Crippen LogP) is 1.52. The molecule has 1 fully saturated rings. The van der Waals surface area contributed by atoms with Gasteiger partial charge in [-0.2, -0.15) is 13.2 Å². The molecule has 4 nitrogen and oxygen atoms in total. The van der Waals surface area contributed by atoms with Gasteiger partial charge in [0.05, 0.1) is 12.6 Å². The molecule has 1 saturated heterocycles. The SMILES string of the molecule is CC(C)NC(=O)C(C)NC1CCN(CC(F)(F)F)CC1. The largest absolute Gasteiger partial charge is 0.401 e. The van der Waals surface area contributed by atoms with E-state index < -0.39 is 12.7 Å². The lowest BCUT2D eigenvalue weighted by atomic mass is 10.0. The Labute approximate surface area is 118 Å². The molecule has 2 N–H and O–H groups in total. The van der Waals surface area contributed by atoms with Gasteiger partial charge in [0.15, 0.2) is 0 Å². The van der Waals surface area contributed by atoms with Crippen molar-refractivity contribution in [3.8, 4) is 0 Å². The summed E-state index contributed by atoms with van der Waals surface area (Å²) in [6.07, 6.45) is -2.87. The monoisotopic (exact) mass is 295 g/mol. The molecule has 1 atom stereocenters. The number of hydrogen-bond donors (Lipinski definition) is 2. The summed E-state index contributed by atoms with van der Waals surface area (Å²) < 4.78 is 36.8. The lowest BCUT2D eigenvalue weighted by molar-refractivity contribution is -0.148. The molecule has 0 aromatic heterocycles. The van der Waals surface area contributed by atoms with Crippen molar-refractivity contribution in [3.05, 3.63) is 0 Å². The van der Waals surface area contributed by atoms with Gasteiger partial charge in [0, 0.05) is 12.1 Å². The molecular weight excluding hydrogens is 271 g/mol. The standard InChI is InChI=1S/C13H24F3N3O/c1-9(2)17-12(20)10(3)18-11-4-6-19(7-5-11)8-13(14,15)16/h9-11,18H,4-8H2,1-3H3,(H,17,20). The van der Waals surface area contributed by atoms with E-state index in [1.165, 1.54) is 4.90 Å². The van der Waals surface area contributed by atoms with Crippen molar-refractivity contribution in [3.63, 3.8) is 0 Å². The maximum Gasteiger partial charge on any atom is 0.401 e. The van der Waals surface area contributed by atoms with Gasteiger partial charge >= 0.3 is 6.18 Å². The lowest BCUT2D eigenvalue weighted by Crippen LogP contribution is -2.52. The van der Waals surface area contributed by atoms with E-state index in [4.69, 9.17) is 0 Å². The Morgan fingerprint density at radius 2 is 1.80 bits per heavy atom.